The van der Waals surface area contributed by atoms with Crippen LogP contribution in [0, 0.1) is 23.7 Å². The van der Waals surface area contributed by atoms with Crippen molar-refractivity contribution in [3.8, 4) is 0 Å². The summed E-state index contributed by atoms with van der Waals surface area (Å²) in [5.74, 6) is 0.969. The lowest BCUT2D eigenvalue weighted by molar-refractivity contribution is -0.952. The molecule has 0 bridgehead atoms. The highest BCUT2D eigenvalue weighted by molar-refractivity contribution is 5.69. The minimum Gasteiger partial charge on any atom is -0.544 e. The van der Waals surface area contributed by atoms with Crippen LogP contribution in [0.3, 0.4) is 0 Å². The number of hydrogen-bond acceptors (Lipinski definition) is 4. The van der Waals surface area contributed by atoms with Crippen molar-refractivity contribution in [1.29, 1.82) is 0 Å². The molecular formula is C21H37NO4. The van der Waals surface area contributed by atoms with E-state index < -0.39 is 17.6 Å². The Morgan fingerprint density at radius 1 is 1.27 bits per heavy atom. The first-order valence-electron chi connectivity index (χ1n) is 10.5. The molecule has 2 N–H and O–H groups in total. The average Bonchev–Trinajstić information content (AvgIpc) is 2.96. The van der Waals surface area contributed by atoms with Crippen LogP contribution in [0.1, 0.15) is 66.7 Å². The number of nitrogens with one attached hydrogen (secondary N) is 1. The molecule has 5 nitrogen and oxygen atoms in total. The first-order valence-corrected chi connectivity index (χ1v) is 10.5. The summed E-state index contributed by atoms with van der Waals surface area (Å²) in [6.07, 6.45) is 5.13. The predicted molar refractivity (Wildman–Crippen MR) is 97.4 cm³/mol. The molecule has 1 saturated carbocycles. The van der Waals surface area contributed by atoms with E-state index in [4.69, 9.17) is 4.74 Å². The number of quaternary nitrogens is 1. The van der Waals surface area contributed by atoms with E-state index in [-0.39, 0.29) is 12.2 Å². The predicted octanol–water partition coefficient (Wildman–Crippen LogP) is 0.399. The van der Waals surface area contributed by atoms with Crippen molar-refractivity contribution < 1.29 is 24.6 Å². The van der Waals surface area contributed by atoms with Crippen LogP contribution >= 0.6 is 0 Å². The fourth-order valence-electron chi connectivity index (χ4n) is 5.87. The van der Waals surface area contributed by atoms with E-state index in [9.17, 15) is 15.0 Å². The van der Waals surface area contributed by atoms with Gasteiger partial charge in [-0.1, -0.05) is 13.8 Å². The molecular weight excluding hydrogens is 330 g/mol. The Kier molecular flexibility index (Phi) is 5.72. The zero-order valence-corrected chi connectivity index (χ0v) is 17.0. The summed E-state index contributed by atoms with van der Waals surface area (Å²) >= 11 is 0. The molecule has 0 aromatic carbocycles. The lowest BCUT2D eigenvalue weighted by Crippen LogP contribution is -3.22. The third kappa shape index (κ3) is 3.95. The summed E-state index contributed by atoms with van der Waals surface area (Å²) in [5, 5.41) is 22.3. The number of aliphatic carboxylic acids is 1. The van der Waals surface area contributed by atoms with Gasteiger partial charge in [0.15, 0.2) is 0 Å². The summed E-state index contributed by atoms with van der Waals surface area (Å²) in [5.41, 5.74) is -0.813. The van der Waals surface area contributed by atoms with E-state index in [1.165, 1.54) is 17.7 Å². The highest BCUT2D eigenvalue weighted by atomic mass is 16.5. The minimum absolute atomic E-state index is 0.105. The van der Waals surface area contributed by atoms with Gasteiger partial charge in [-0.25, -0.2) is 0 Å². The second-order valence-corrected chi connectivity index (χ2v) is 10.2. The molecule has 0 radical (unpaired) electrons. The minimum atomic E-state index is -0.909. The van der Waals surface area contributed by atoms with Gasteiger partial charge >= 0.3 is 0 Å². The summed E-state index contributed by atoms with van der Waals surface area (Å²) in [7, 11) is 0. The molecule has 0 aromatic rings. The quantitative estimate of drug-likeness (QED) is 0.738. The van der Waals surface area contributed by atoms with Gasteiger partial charge in [0, 0.05) is 18.8 Å². The Morgan fingerprint density at radius 2 is 1.92 bits per heavy atom. The Balaban J connectivity index is 1.77. The van der Waals surface area contributed by atoms with E-state index >= 15 is 0 Å². The van der Waals surface area contributed by atoms with Crippen LogP contribution in [0.25, 0.3) is 0 Å². The second kappa shape index (κ2) is 7.40. The zero-order valence-electron chi connectivity index (χ0n) is 17.0. The Hall–Kier alpha value is -0.650. The van der Waals surface area contributed by atoms with E-state index in [2.05, 4.69) is 20.8 Å². The van der Waals surface area contributed by atoms with Crippen molar-refractivity contribution in [1.82, 2.24) is 0 Å². The third-order valence-corrected chi connectivity index (χ3v) is 7.23. The van der Waals surface area contributed by atoms with Crippen LogP contribution in [0.2, 0.25) is 0 Å². The monoisotopic (exact) mass is 367 g/mol. The van der Waals surface area contributed by atoms with Gasteiger partial charge in [0.05, 0.1) is 36.4 Å². The van der Waals surface area contributed by atoms with Gasteiger partial charge in [-0.15, -0.1) is 0 Å². The SMILES string of the molecule is CC(C)C[C@@H](C(=O)[O-])[NH+]1CC2C(CCC3C[C@H](C(C)(C)O)OC32)CC1C. The molecule has 2 saturated heterocycles. The summed E-state index contributed by atoms with van der Waals surface area (Å²) < 4.78 is 6.38. The van der Waals surface area contributed by atoms with E-state index in [0.717, 1.165) is 19.4 Å². The van der Waals surface area contributed by atoms with Crippen LogP contribution in [0.5, 0.6) is 0 Å². The smallest absolute Gasteiger partial charge is 0.128 e. The molecule has 1 aliphatic carbocycles. The first kappa shape index (κ1) is 20.1. The van der Waals surface area contributed by atoms with Gasteiger partial charge in [-0.05, 0) is 57.8 Å². The summed E-state index contributed by atoms with van der Waals surface area (Å²) in [6, 6.07) is -0.0845. The Bertz CT molecular complexity index is 515. The lowest BCUT2D eigenvalue weighted by Gasteiger charge is -2.49. The Labute approximate surface area is 158 Å². The number of ether oxygens (including phenoxy) is 1. The van der Waals surface area contributed by atoms with E-state index in [0.29, 0.717) is 36.1 Å². The van der Waals surface area contributed by atoms with Crippen molar-refractivity contribution in [2.45, 2.75) is 96.6 Å². The molecule has 5 heteroatoms. The number of rotatable bonds is 5. The van der Waals surface area contributed by atoms with Gasteiger partial charge in [0.1, 0.15) is 6.04 Å². The van der Waals surface area contributed by atoms with E-state index in [1.807, 2.05) is 13.8 Å². The van der Waals surface area contributed by atoms with Crippen molar-refractivity contribution in [3.63, 3.8) is 0 Å². The number of fused-ring (bicyclic) bond motifs is 3. The van der Waals surface area contributed by atoms with Crippen LogP contribution in [0.15, 0.2) is 0 Å². The molecule has 150 valence electrons. The molecule has 0 spiro atoms. The maximum Gasteiger partial charge on any atom is 0.128 e. The molecule has 3 rings (SSSR count). The molecule has 3 fully saturated rings. The van der Waals surface area contributed by atoms with Crippen LogP contribution in [0.4, 0.5) is 0 Å². The van der Waals surface area contributed by atoms with Crippen molar-refractivity contribution in [2.75, 3.05) is 6.54 Å². The third-order valence-electron chi connectivity index (χ3n) is 7.23. The summed E-state index contributed by atoms with van der Waals surface area (Å²) in [4.78, 5) is 13.0. The van der Waals surface area contributed by atoms with E-state index in [1.54, 1.807) is 0 Å². The highest BCUT2D eigenvalue weighted by Gasteiger charge is 2.53. The normalized spacial score (nSPS) is 41.6. The largest absolute Gasteiger partial charge is 0.544 e. The lowest BCUT2D eigenvalue weighted by atomic mass is 9.67. The highest BCUT2D eigenvalue weighted by Crippen LogP contribution is 2.47. The molecule has 0 amide bonds. The zero-order chi connectivity index (χ0) is 19.2. The molecule has 6 unspecified atom stereocenters. The van der Waals surface area contributed by atoms with Crippen LogP contribution < -0.4 is 10.0 Å². The molecule has 2 heterocycles. The van der Waals surface area contributed by atoms with Gasteiger partial charge in [-0.3, -0.25) is 0 Å². The Morgan fingerprint density at radius 3 is 2.50 bits per heavy atom. The number of piperidine rings is 1. The van der Waals surface area contributed by atoms with Crippen LogP contribution in [-0.4, -0.2) is 47.5 Å². The summed E-state index contributed by atoms with van der Waals surface area (Å²) in [6.45, 7) is 10.9. The number of likely N-dealkylation sites (tertiary alicyclic amines) is 1. The van der Waals surface area contributed by atoms with Crippen LogP contribution in [-0.2, 0) is 9.53 Å². The number of hydrogen-bond donors (Lipinski definition) is 2. The molecule has 0 aromatic heterocycles. The number of carbonyl (C=O) groups is 1. The fraction of sp³-hybridized carbons (Fsp3) is 0.952. The molecule has 3 aliphatic rings. The van der Waals surface area contributed by atoms with Gasteiger partial charge < -0.3 is 24.6 Å². The molecule has 2 aliphatic heterocycles. The van der Waals surface area contributed by atoms with Gasteiger partial charge in [0.2, 0.25) is 0 Å². The first-order chi connectivity index (χ1) is 12.1. The topological polar surface area (TPSA) is 74.0 Å². The maximum atomic E-state index is 11.9. The maximum absolute atomic E-state index is 11.9. The number of carboxylic acids is 1. The second-order valence-electron chi connectivity index (χ2n) is 10.2. The van der Waals surface area contributed by atoms with Crippen molar-refractivity contribution in [2.24, 2.45) is 23.7 Å². The molecule has 8 atom stereocenters. The number of aliphatic hydroxyl groups is 1. The fourth-order valence-corrected chi connectivity index (χ4v) is 5.87. The average molecular weight is 368 g/mol. The number of carbonyl (C=O) groups excluding carboxylic acids is 1. The standard InChI is InChI=1S/C21H37NO4/c1-12(2)8-17(20(23)24)22-11-16-14(9-13(22)3)6-7-15-10-18(21(4,5)25)26-19(15)16/h12-19,25H,6-11H2,1-5H3,(H,23,24)/t13?,14?,15?,16?,17-,18+,19?/m0/s1. The number of carboxylic acid groups (broad SMARTS) is 1. The van der Waals surface area contributed by atoms with Crippen molar-refractivity contribution >= 4 is 5.97 Å². The molecule has 26 heavy (non-hydrogen) atoms. The van der Waals surface area contributed by atoms with Gasteiger partial charge in [-0.2, -0.15) is 0 Å². The van der Waals surface area contributed by atoms with Gasteiger partial charge in [0.25, 0.3) is 0 Å². The van der Waals surface area contributed by atoms with Crippen molar-refractivity contribution in [3.05, 3.63) is 0 Å².